The summed E-state index contributed by atoms with van der Waals surface area (Å²) >= 11 is 6.02. The van der Waals surface area contributed by atoms with E-state index in [1.807, 2.05) is 23.1 Å². The van der Waals surface area contributed by atoms with Crippen molar-refractivity contribution in [3.05, 3.63) is 34.4 Å². The van der Waals surface area contributed by atoms with Gasteiger partial charge in [-0.05, 0) is 49.0 Å². The Bertz CT molecular complexity index is 662. The van der Waals surface area contributed by atoms with Gasteiger partial charge in [-0.3, -0.25) is 4.79 Å². The molecular formula is C17H20Cl2N2O2. The first-order chi connectivity index (χ1) is 10.6. The molecule has 1 aromatic rings. The highest BCUT2D eigenvalue weighted by Gasteiger charge is 2.43. The Labute approximate surface area is 147 Å². The van der Waals surface area contributed by atoms with Crippen molar-refractivity contribution in [2.75, 3.05) is 19.7 Å². The summed E-state index contributed by atoms with van der Waals surface area (Å²) in [6.45, 7) is 1.94. The zero-order chi connectivity index (χ0) is 15.3. The topological polar surface area (TPSA) is 55.6 Å². The summed E-state index contributed by atoms with van der Waals surface area (Å²) < 4.78 is 5.69. The second-order valence-electron chi connectivity index (χ2n) is 6.52. The molecule has 2 N–H and O–H groups in total. The number of halogens is 2. The quantitative estimate of drug-likeness (QED) is 0.843. The lowest BCUT2D eigenvalue weighted by atomic mass is 9.98. The Morgan fingerprint density at radius 1 is 1.30 bits per heavy atom. The maximum absolute atomic E-state index is 12.7. The molecule has 23 heavy (non-hydrogen) atoms. The summed E-state index contributed by atoms with van der Waals surface area (Å²) in [5.74, 6) is 1.90. The number of fused-ring (bicyclic) bond motifs is 2. The number of ether oxygens (including phenoxy) is 1. The Morgan fingerprint density at radius 2 is 2.13 bits per heavy atom. The van der Waals surface area contributed by atoms with Gasteiger partial charge in [0.1, 0.15) is 12.4 Å². The largest absolute Gasteiger partial charge is 0.488 e. The van der Waals surface area contributed by atoms with E-state index in [2.05, 4.69) is 0 Å². The number of nitrogens with two attached hydrogens (primary N) is 1. The van der Waals surface area contributed by atoms with Gasteiger partial charge in [0.25, 0.3) is 5.91 Å². The predicted octanol–water partition coefficient (Wildman–Crippen LogP) is 2.73. The van der Waals surface area contributed by atoms with Gasteiger partial charge in [0.05, 0.1) is 5.57 Å². The Balaban J connectivity index is 0.00000156. The summed E-state index contributed by atoms with van der Waals surface area (Å²) in [5, 5.41) is 0.647. The number of hydrogen-bond donors (Lipinski definition) is 1. The van der Waals surface area contributed by atoms with Crippen LogP contribution in [0.15, 0.2) is 23.8 Å². The molecule has 2 fully saturated rings. The summed E-state index contributed by atoms with van der Waals surface area (Å²) in [6, 6.07) is 5.72. The lowest BCUT2D eigenvalue weighted by Crippen LogP contribution is -2.35. The molecule has 3 unspecified atom stereocenters. The van der Waals surface area contributed by atoms with E-state index in [-0.39, 0.29) is 24.4 Å². The fourth-order valence-corrected chi connectivity index (χ4v) is 4.13. The van der Waals surface area contributed by atoms with Crippen LogP contribution in [0.25, 0.3) is 6.08 Å². The first-order valence-corrected chi connectivity index (χ1v) is 8.17. The summed E-state index contributed by atoms with van der Waals surface area (Å²) in [7, 11) is 0. The number of likely N-dealkylation sites (tertiary alicyclic amines) is 1. The second kappa shape index (κ2) is 6.34. The molecule has 1 saturated carbocycles. The number of carbonyl (C=O) groups is 1. The summed E-state index contributed by atoms with van der Waals surface area (Å²) in [4.78, 5) is 14.7. The Hall–Kier alpha value is -1.23. The van der Waals surface area contributed by atoms with E-state index >= 15 is 0 Å². The van der Waals surface area contributed by atoms with E-state index in [1.54, 1.807) is 6.07 Å². The zero-order valence-electron chi connectivity index (χ0n) is 12.7. The third-order valence-electron chi connectivity index (χ3n) is 5.16. The molecule has 0 bridgehead atoms. The van der Waals surface area contributed by atoms with Crippen LogP contribution in [0.5, 0.6) is 5.75 Å². The predicted molar refractivity (Wildman–Crippen MR) is 92.9 cm³/mol. The average molecular weight is 355 g/mol. The number of carbonyl (C=O) groups excluding carboxylic acids is 1. The molecule has 4 rings (SSSR count). The minimum atomic E-state index is 0. The van der Waals surface area contributed by atoms with Gasteiger partial charge >= 0.3 is 0 Å². The number of nitrogens with zero attached hydrogens (tertiary/aromatic N) is 1. The van der Waals surface area contributed by atoms with E-state index in [0.29, 0.717) is 29.0 Å². The first kappa shape index (κ1) is 16.6. The van der Waals surface area contributed by atoms with Crippen molar-refractivity contribution in [2.24, 2.45) is 17.6 Å². The highest BCUT2D eigenvalue weighted by atomic mass is 35.5. The van der Waals surface area contributed by atoms with Gasteiger partial charge in [-0.15, -0.1) is 12.4 Å². The minimum Gasteiger partial charge on any atom is -0.488 e. The highest BCUT2D eigenvalue weighted by Crippen LogP contribution is 2.38. The molecule has 1 saturated heterocycles. The van der Waals surface area contributed by atoms with Crippen molar-refractivity contribution in [1.29, 1.82) is 0 Å². The van der Waals surface area contributed by atoms with Crippen LogP contribution in [0.4, 0.5) is 0 Å². The third kappa shape index (κ3) is 2.95. The Morgan fingerprint density at radius 3 is 2.91 bits per heavy atom. The highest BCUT2D eigenvalue weighted by molar-refractivity contribution is 6.30. The molecule has 1 amide bonds. The fourth-order valence-electron chi connectivity index (χ4n) is 3.95. The molecule has 0 aromatic heterocycles. The van der Waals surface area contributed by atoms with Gasteiger partial charge in [0.2, 0.25) is 0 Å². The zero-order valence-corrected chi connectivity index (χ0v) is 14.3. The number of rotatable bonds is 1. The van der Waals surface area contributed by atoms with Crippen LogP contribution in [-0.4, -0.2) is 36.5 Å². The van der Waals surface area contributed by atoms with Gasteiger partial charge in [-0.1, -0.05) is 11.6 Å². The van der Waals surface area contributed by atoms with E-state index in [4.69, 9.17) is 22.1 Å². The van der Waals surface area contributed by atoms with Crippen LogP contribution < -0.4 is 10.5 Å². The van der Waals surface area contributed by atoms with E-state index in [0.717, 1.165) is 37.2 Å². The normalized spacial score (nSPS) is 28.3. The van der Waals surface area contributed by atoms with Crippen molar-refractivity contribution in [3.63, 3.8) is 0 Å². The van der Waals surface area contributed by atoms with Crippen LogP contribution in [0.1, 0.15) is 18.4 Å². The van der Waals surface area contributed by atoms with Crippen LogP contribution in [0.2, 0.25) is 5.02 Å². The average Bonchev–Trinajstić information content (AvgIpc) is 3.08. The molecule has 1 aromatic carbocycles. The molecule has 4 nitrogen and oxygen atoms in total. The monoisotopic (exact) mass is 354 g/mol. The van der Waals surface area contributed by atoms with Crippen molar-refractivity contribution in [3.8, 4) is 5.75 Å². The lowest BCUT2D eigenvalue weighted by Gasteiger charge is -2.23. The Kier molecular flexibility index (Phi) is 4.59. The molecule has 124 valence electrons. The van der Waals surface area contributed by atoms with Gasteiger partial charge in [-0.25, -0.2) is 0 Å². The molecule has 0 radical (unpaired) electrons. The van der Waals surface area contributed by atoms with Gasteiger partial charge in [0.15, 0.2) is 0 Å². The van der Waals surface area contributed by atoms with Crippen molar-refractivity contribution >= 4 is 36.0 Å². The maximum atomic E-state index is 12.7. The SMILES string of the molecule is Cl.NC1CCC2CN(C(=O)C3=Cc4cc(Cl)ccc4OC3)CC12. The molecular weight excluding hydrogens is 335 g/mol. The number of benzene rings is 1. The lowest BCUT2D eigenvalue weighted by molar-refractivity contribution is -0.126. The molecule has 2 heterocycles. The van der Waals surface area contributed by atoms with Gasteiger partial charge < -0.3 is 15.4 Å². The molecule has 3 aliphatic rings. The van der Waals surface area contributed by atoms with Gasteiger partial charge in [0, 0.05) is 29.7 Å². The van der Waals surface area contributed by atoms with E-state index in [9.17, 15) is 4.79 Å². The van der Waals surface area contributed by atoms with Crippen LogP contribution in [-0.2, 0) is 4.79 Å². The third-order valence-corrected chi connectivity index (χ3v) is 5.39. The maximum Gasteiger partial charge on any atom is 0.253 e. The smallest absolute Gasteiger partial charge is 0.253 e. The standard InChI is InChI=1S/C17H19ClN2O2.ClH/c18-13-2-4-16-11(6-13)5-12(9-22-16)17(21)20-7-10-1-3-15(19)14(10)8-20;/h2,4-6,10,14-15H,1,3,7-9,19H2;1H. The van der Waals surface area contributed by atoms with E-state index < -0.39 is 0 Å². The molecule has 2 aliphatic heterocycles. The number of amides is 1. The van der Waals surface area contributed by atoms with Crippen LogP contribution in [0, 0.1) is 11.8 Å². The molecule has 0 spiro atoms. The summed E-state index contributed by atoms with van der Waals surface area (Å²) in [6.07, 6.45) is 4.14. The van der Waals surface area contributed by atoms with Crippen LogP contribution >= 0.6 is 24.0 Å². The van der Waals surface area contributed by atoms with Crippen molar-refractivity contribution in [2.45, 2.75) is 18.9 Å². The first-order valence-electron chi connectivity index (χ1n) is 7.79. The molecule has 6 heteroatoms. The fraction of sp³-hybridized carbons (Fsp3) is 0.471. The second-order valence-corrected chi connectivity index (χ2v) is 6.95. The summed E-state index contributed by atoms with van der Waals surface area (Å²) in [5.41, 5.74) is 7.72. The van der Waals surface area contributed by atoms with Gasteiger partial charge in [-0.2, -0.15) is 0 Å². The van der Waals surface area contributed by atoms with Crippen LogP contribution in [0.3, 0.4) is 0 Å². The molecule has 3 atom stereocenters. The molecule has 1 aliphatic carbocycles. The van der Waals surface area contributed by atoms with E-state index in [1.165, 1.54) is 0 Å². The number of hydrogen-bond acceptors (Lipinski definition) is 3. The van der Waals surface area contributed by atoms with Crippen molar-refractivity contribution in [1.82, 2.24) is 4.90 Å². The minimum absolute atomic E-state index is 0. The van der Waals surface area contributed by atoms with Crippen molar-refractivity contribution < 1.29 is 9.53 Å².